The first-order valence-electron chi connectivity index (χ1n) is 4.92. The summed E-state index contributed by atoms with van der Waals surface area (Å²) < 4.78 is 0. The number of hydrogen-bond acceptors (Lipinski definition) is 4. The maximum absolute atomic E-state index is 11.9. The largest absolute Gasteiger partial charge is 0.388 e. The zero-order chi connectivity index (χ0) is 11.1. The number of rotatable bonds is 1. The van der Waals surface area contributed by atoms with E-state index in [2.05, 4.69) is 5.32 Å². The number of hydrogen-bond donors (Lipinski definition) is 2. The van der Waals surface area contributed by atoms with Crippen molar-refractivity contribution >= 4 is 22.9 Å². The van der Waals surface area contributed by atoms with Crippen molar-refractivity contribution in [1.82, 2.24) is 10.2 Å². The van der Waals surface area contributed by atoms with E-state index < -0.39 is 11.6 Å². The molecule has 2 aliphatic heterocycles. The van der Waals surface area contributed by atoms with Crippen molar-refractivity contribution in [2.75, 3.05) is 18.8 Å². The van der Waals surface area contributed by atoms with Crippen LogP contribution in [0.1, 0.15) is 13.3 Å². The van der Waals surface area contributed by atoms with Crippen molar-refractivity contribution in [3.8, 4) is 0 Å². The van der Waals surface area contributed by atoms with Crippen LogP contribution in [0.5, 0.6) is 0 Å². The highest BCUT2D eigenvalue weighted by Crippen LogP contribution is 2.23. The normalized spacial score (nSPS) is 35.7. The van der Waals surface area contributed by atoms with Gasteiger partial charge in [0, 0.05) is 18.8 Å². The number of likely N-dealkylation sites (tertiary alicyclic amines) is 1. The summed E-state index contributed by atoms with van der Waals surface area (Å²) in [5.41, 5.74) is -0.772. The van der Waals surface area contributed by atoms with E-state index in [1.807, 2.05) is 0 Å². The third kappa shape index (κ3) is 2.26. The zero-order valence-electron chi connectivity index (χ0n) is 8.52. The molecular formula is C9H14N2O3S. The van der Waals surface area contributed by atoms with E-state index in [1.54, 1.807) is 11.8 Å². The van der Waals surface area contributed by atoms with Gasteiger partial charge in [-0.25, -0.2) is 0 Å². The van der Waals surface area contributed by atoms with Crippen LogP contribution in [0.2, 0.25) is 0 Å². The number of nitrogens with zero attached hydrogens (tertiary/aromatic N) is 1. The van der Waals surface area contributed by atoms with E-state index in [4.69, 9.17) is 0 Å². The second-order valence-corrected chi connectivity index (χ2v) is 5.29. The SMILES string of the molecule is CC1(O)CCN(C(=O)C2CSC(=O)N2)C1. The van der Waals surface area contributed by atoms with E-state index in [9.17, 15) is 14.7 Å². The summed E-state index contributed by atoms with van der Waals surface area (Å²) in [6.07, 6.45) is 0.604. The Labute approximate surface area is 92.2 Å². The summed E-state index contributed by atoms with van der Waals surface area (Å²) >= 11 is 1.13. The molecule has 2 N–H and O–H groups in total. The minimum Gasteiger partial charge on any atom is -0.388 e. The fraction of sp³-hybridized carbons (Fsp3) is 0.778. The predicted octanol–water partition coefficient (Wildman–Crippen LogP) is -0.205. The van der Waals surface area contributed by atoms with Gasteiger partial charge < -0.3 is 15.3 Å². The van der Waals surface area contributed by atoms with E-state index in [0.717, 1.165) is 11.8 Å². The summed E-state index contributed by atoms with van der Waals surface area (Å²) in [4.78, 5) is 24.4. The molecule has 2 saturated heterocycles. The van der Waals surface area contributed by atoms with Gasteiger partial charge in [-0.2, -0.15) is 0 Å². The molecule has 84 valence electrons. The molecule has 0 aliphatic carbocycles. The summed E-state index contributed by atoms with van der Waals surface area (Å²) in [5, 5.41) is 12.2. The van der Waals surface area contributed by atoms with Crippen LogP contribution in [0.15, 0.2) is 0 Å². The lowest BCUT2D eigenvalue weighted by Crippen LogP contribution is -2.45. The van der Waals surface area contributed by atoms with E-state index in [1.165, 1.54) is 0 Å². The molecule has 0 saturated carbocycles. The quantitative estimate of drug-likeness (QED) is 0.654. The molecule has 0 radical (unpaired) electrons. The number of carbonyl (C=O) groups excluding carboxylic acids is 2. The Bertz CT molecular complexity index is 306. The smallest absolute Gasteiger partial charge is 0.279 e. The van der Waals surface area contributed by atoms with Gasteiger partial charge in [0.25, 0.3) is 5.24 Å². The van der Waals surface area contributed by atoms with Crippen LogP contribution >= 0.6 is 11.8 Å². The highest BCUT2D eigenvalue weighted by Gasteiger charge is 2.38. The predicted molar refractivity (Wildman–Crippen MR) is 56.6 cm³/mol. The average molecular weight is 230 g/mol. The van der Waals surface area contributed by atoms with Gasteiger partial charge in [0.1, 0.15) is 6.04 Å². The number of nitrogens with one attached hydrogen (secondary N) is 1. The first kappa shape index (κ1) is 10.8. The summed E-state index contributed by atoms with van der Waals surface area (Å²) in [7, 11) is 0. The topological polar surface area (TPSA) is 69.6 Å². The Hall–Kier alpha value is -0.750. The summed E-state index contributed by atoms with van der Waals surface area (Å²) in [6.45, 7) is 2.66. The molecule has 2 atom stereocenters. The molecule has 0 bridgehead atoms. The third-order valence-corrected chi connectivity index (χ3v) is 3.61. The molecule has 5 nitrogen and oxygen atoms in total. The maximum atomic E-state index is 11.9. The number of aliphatic hydroxyl groups is 1. The maximum Gasteiger partial charge on any atom is 0.279 e. The van der Waals surface area contributed by atoms with Crippen molar-refractivity contribution in [1.29, 1.82) is 0 Å². The monoisotopic (exact) mass is 230 g/mol. The summed E-state index contributed by atoms with van der Waals surface area (Å²) in [6, 6.07) is -0.406. The molecule has 0 spiro atoms. The Morgan fingerprint density at radius 2 is 2.47 bits per heavy atom. The lowest BCUT2D eigenvalue weighted by atomic mass is 10.1. The molecule has 2 amide bonds. The second kappa shape index (κ2) is 3.68. The third-order valence-electron chi connectivity index (χ3n) is 2.73. The van der Waals surface area contributed by atoms with Gasteiger partial charge >= 0.3 is 0 Å². The fourth-order valence-corrected chi connectivity index (χ4v) is 2.64. The first-order chi connectivity index (χ1) is 6.98. The number of β-amino-alcohol motifs (C(OH)–C–C–N with tert-alkyl or cyclic N) is 1. The van der Waals surface area contributed by atoms with Crippen LogP contribution in [0.3, 0.4) is 0 Å². The minimum atomic E-state index is -0.772. The molecule has 15 heavy (non-hydrogen) atoms. The van der Waals surface area contributed by atoms with Crippen LogP contribution in [0, 0.1) is 0 Å². The van der Waals surface area contributed by atoms with Crippen LogP contribution in [0.25, 0.3) is 0 Å². The first-order valence-corrected chi connectivity index (χ1v) is 5.91. The molecule has 0 aromatic rings. The molecule has 2 rings (SSSR count). The van der Waals surface area contributed by atoms with E-state index in [0.29, 0.717) is 25.3 Å². The van der Waals surface area contributed by atoms with Crippen LogP contribution in [0.4, 0.5) is 4.79 Å². The number of carbonyl (C=O) groups is 2. The molecule has 2 heterocycles. The molecule has 2 unspecified atom stereocenters. The molecular weight excluding hydrogens is 216 g/mol. The molecule has 2 fully saturated rings. The van der Waals surface area contributed by atoms with Crippen LogP contribution in [-0.4, -0.2) is 51.6 Å². The molecule has 2 aliphatic rings. The standard InChI is InChI=1S/C9H14N2O3S/c1-9(14)2-3-11(5-9)7(12)6-4-15-8(13)10-6/h6,14H,2-5H2,1H3,(H,10,13). The van der Waals surface area contributed by atoms with Gasteiger partial charge in [-0.3, -0.25) is 9.59 Å². The minimum absolute atomic E-state index is 0.0777. The van der Waals surface area contributed by atoms with Crippen molar-refractivity contribution in [2.24, 2.45) is 0 Å². The van der Waals surface area contributed by atoms with Crippen LogP contribution in [-0.2, 0) is 4.79 Å². The van der Waals surface area contributed by atoms with Gasteiger partial charge in [-0.1, -0.05) is 11.8 Å². The molecule has 0 aromatic carbocycles. The van der Waals surface area contributed by atoms with Gasteiger partial charge in [0.05, 0.1) is 5.60 Å². The lowest BCUT2D eigenvalue weighted by molar-refractivity contribution is -0.132. The zero-order valence-corrected chi connectivity index (χ0v) is 9.34. The van der Waals surface area contributed by atoms with Crippen LogP contribution < -0.4 is 5.32 Å². The Morgan fingerprint density at radius 1 is 1.73 bits per heavy atom. The van der Waals surface area contributed by atoms with Gasteiger partial charge in [0.15, 0.2) is 0 Å². The Balaban J connectivity index is 1.95. The summed E-state index contributed by atoms with van der Waals surface area (Å²) in [5.74, 6) is 0.419. The van der Waals surface area contributed by atoms with E-state index in [-0.39, 0.29) is 11.1 Å². The van der Waals surface area contributed by atoms with Crippen molar-refractivity contribution < 1.29 is 14.7 Å². The average Bonchev–Trinajstić information content (AvgIpc) is 2.71. The lowest BCUT2D eigenvalue weighted by Gasteiger charge is -2.21. The molecule has 0 aromatic heterocycles. The Morgan fingerprint density at radius 3 is 2.93 bits per heavy atom. The van der Waals surface area contributed by atoms with Gasteiger partial charge in [-0.05, 0) is 13.3 Å². The number of amides is 2. The van der Waals surface area contributed by atoms with Gasteiger partial charge in [-0.15, -0.1) is 0 Å². The second-order valence-electron chi connectivity index (χ2n) is 4.30. The Kier molecular flexibility index (Phi) is 2.64. The fourth-order valence-electron chi connectivity index (χ4n) is 1.87. The number of thioether (sulfide) groups is 1. The molecule has 6 heteroatoms. The van der Waals surface area contributed by atoms with Crippen molar-refractivity contribution in [3.63, 3.8) is 0 Å². The highest BCUT2D eigenvalue weighted by atomic mass is 32.2. The van der Waals surface area contributed by atoms with Crippen molar-refractivity contribution in [3.05, 3.63) is 0 Å². The van der Waals surface area contributed by atoms with E-state index >= 15 is 0 Å². The highest BCUT2D eigenvalue weighted by molar-refractivity contribution is 8.14. The van der Waals surface area contributed by atoms with Gasteiger partial charge in [0.2, 0.25) is 5.91 Å². The van der Waals surface area contributed by atoms with Crippen molar-refractivity contribution in [2.45, 2.75) is 25.0 Å².